The molecular formula is C14H17N5O. The van der Waals surface area contributed by atoms with E-state index in [2.05, 4.69) is 15.0 Å². The van der Waals surface area contributed by atoms with Gasteiger partial charge in [0.1, 0.15) is 12.0 Å². The molecule has 0 bridgehead atoms. The van der Waals surface area contributed by atoms with Gasteiger partial charge < -0.3 is 4.90 Å². The highest BCUT2D eigenvalue weighted by Crippen LogP contribution is 2.33. The van der Waals surface area contributed by atoms with E-state index >= 15 is 0 Å². The Balaban J connectivity index is 2.00. The number of hydrogen-bond acceptors (Lipinski definition) is 4. The summed E-state index contributed by atoms with van der Waals surface area (Å²) in [6.45, 7) is 2.70. The van der Waals surface area contributed by atoms with Crippen LogP contribution >= 0.6 is 0 Å². The molecule has 1 fully saturated rings. The number of rotatable bonds is 3. The lowest BCUT2D eigenvalue weighted by atomic mass is 10.1. The zero-order valence-electron chi connectivity index (χ0n) is 11.4. The van der Waals surface area contributed by atoms with Crippen molar-refractivity contribution in [2.45, 2.75) is 32.2 Å². The van der Waals surface area contributed by atoms with Crippen molar-refractivity contribution in [1.29, 1.82) is 0 Å². The minimum absolute atomic E-state index is 0.0218. The number of aromatic nitrogens is 4. The van der Waals surface area contributed by atoms with Gasteiger partial charge in [-0.1, -0.05) is 6.92 Å². The summed E-state index contributed by atoms with van der Waals surface area (Å²) in [4.78, 5) is 26.9. The molecule has 0 unspecified atom stereocenters. The lowest BCUT2D eigenvalue weighted by Crippen LogP contribution is -2.31. The van der Waals surface area contributed by atoms with E-state index in [0.29, 0.717) is 6.42 Å². The average molecular weight is 271 g/mol. The summed E-state index contributed by atoms with van der Waals surface area (Å²) >= 11 is 0. The van der Waals surface area contributed by atoms with Gasteiger partial charge in [0.2, 0.25) is 5.91 Å². The predicted molar refractivity (Wildman–Crippen MR) is 73.1 cm³/mol. The Labute approximate surface area is 117 Å². The lowest BCUT2D eigenvalue weighted by Gasteiger charge is -2.25. The van der Waals surface area contributed by atoms with Crippen molar-refractivity contribution in [1.82, 2.24) is 24.4 Å². The Morgan fingerprint density at radius 3 is 2.95 bits per heavy atom. The first kappa shape index (κ1) is 12.8. The molecule has 2 aromatic rings. The maximum atomic E-state index is 12.1. The number of imidazole rings is 1. The van der Waals surface area contributed by atoms with Crippen molar-refractivity contribution in [3.63, 3.8) is 0 Å². The SMILES string of the molecule is CCC(=O)N1CCC[C@H]1c1nccnc1-n1ccnc1. The van der Waals surface area contributed by atoms with Gasteiger partial charge in [0.25, 0.3) is 0 Å². The molecule has 20 heavy (non-hydrogen) atoms. The summed E-state index contributed by atoms with van der Waals surface area (Å²) in [6, 6.07) is 0.0218. The Hall–Kier alpha value is -2.24. The minimum atomic E-state index is 0.0218. The standard InChI is InChI=1S/C14H17N5O/c1-2-12(20)19-8-3-4-11(19)13-14(17-6-5-16-13)18-9-7-15-10-18/h5-7,9-11H,2-4,8H2,1H3/t11-/m0/s1. The van der Waals surface area contributed by atoms with Gasteiger partial charge in [-0.15, -0.1) is 0 Å². The predicted octanol–water partition coefficient (Wildman–Crippen LogP) is 1.74. The number of nitrogens with zero attached hydrogens (tertiary/aromatic N) is 5. The summed E-state index contributed by atoms with van der Waals surface area (Å²) in [6.07, 6.45) is 11.1. The molecule has 0 radical (unpaired) electrons. The molecule has 6 nitrogen and oxygen atoms in total. The fourth-order valence-corrected chi connectivity index (χ4v) is 2.71. The van der Waals surface area contributed by atoms with E-state index in [1.54, 1.807) is 24.9 Å². The first-order valence-electron chi connectivity index (χ1n) is 6.90. The van der Waals surface area contributed by atoms with Crippen LogP contribution < -0.4 is 0 Å². The highest BCUT2D eigenvalue weighted by Gasteiger charge is 2.32. The Kier molecular flexibility index (Phi) is 3.45. The molecule has 0 spiro atoms. The van der Waals surface area contributed by atoms with Crippen molar-refractivity contribution in [2.75, 3.05) is 6.54 Å². The van der Waals surface area contributed by atoms with Crippen LogP contribution in [0.4, 0.5) is 0 Å². The summed E-state index contributed by atoms with van der Waals surface area (Å²) in [5.74, 6) is 0.931. The van der Waals surface area contributed by atoms with Gasteiger partial charge in [0.15, 0.2) is 5.82 Å². The van der Waals surface area contributed by atoms with Crippen molar-refractivity contribution in [2.24, 2.45) is 0 Å². The van der Waals surface area contributed by atoms with Gasteiger partial charge in [0.05, 0.1) is 6.04 Å². The number of carbonyl (C=O) groups excluding carboxylic acids is 1. The Bertz CT molecular complexity index is 595. The number of carbonyl (C=O) groups is 1. The second-order valence-corrected chi connectivity index (χ2v) is 4.83. The summed E-state index contributed by atoms with van der Waals surface area (Å²) in [5, 5.41) is 0. The minimum Gasteiger partial charge on any atom is -0.334 e. The van der Waals surface area contributed by atoms with Crippen LogP contribution in [0.2, 0.25) is 0 Å². The highest BCUT2D eigenvalue weighted by molar-refractivity contribution is 5.76. The topological polar surface area (TPSA) is 63.9 Å². The van der Waals surface area contributed by atoms with E-state index in [4.69, 9.17) is 0 Å². The van der Waals surface area contributed by atoms with Crippen LogP contribution in [0.1, 0.15) is 37.9 Å². The molecule has 1 aliphatic heterocycles. The smallest absolute Gasteiger partial charge is 0.222 e. The van der Waals surface area contributed by atoms with Crippen LogP contribution in [-0.4, -0.2) is 36.9 Å². The van der Waals surface area contributed by atoms with Crippen LogP contribution in [0.15, 0.2) is 31.1 Å². The molecule has 104 valence electrons. The van der Waals surface area contributed by atoms with Crippen LogP contribution in [0.5, 0.6) is 0 Å². The molecular weight excluding hydrogens is 254 g/mol. The molecule has 3 heterocycles. The summed E-state index contributed by atoms with van der Waals surface area (Å²) in [5.41, 5.74) is 0.852. The zero-order chi connectivity index (χ0) is 13.9. The second-order valence-electron chi connectivity index (χ2n) is 4.83. The van der Waals surface area contributed by atoms with Crippen molar-refractivity contribution >= 4 is 5.91 Å². The Morgan fingerprint density at radius 1 is 1.35 bits per heavy atom. The van der Waals surface area contributed by atoms with Gasteiger partial charge in [-0.2, -0.15) is 0 Å². The zero-order valence-corrected chi connectivity index (χ0v) is 11.4. The molecule has 0 saturated carbocycles. The maximum absolute atomic E-state index is 12.1. The molecule has 1 saturated heterocycles. The number of likely N-dealkylation sites (tertiary alicyclic amines) is 1. The molecule has 1 amide bonds. The fourth-order valence-electron chi connectivity index (χ4n) is 2.71. The van der Waals surface area contributed by atoms with E-state index < -0.39 is 0 Å². The third-order valence-electron chi connectivity index (χ3n) is 3.65. The molecule has 1 atom stereocenters. The first-order valence-corrected chi connectivity index (χ1v) is 6.90. The summed E-state index contributed by atoms with van der Waals surface area (Å²) < 4.78 is 1.84. The van der Waals surface area contributed by atoms with E-state index in [-0.39, 0.29) is 11.9 Å². The fraction of sp³-hybridized carbons (Fsp3) is 0.429. The van der Waals surface area contributed by atoms with E-state index in [9.17, 15) is 4.79 Å². The quantitative estimate of drug-likeness (QED) is 0.853. The molecule has 0 aromatic carbocycles. The second kappa shape index (κ2) is 5.40. The van der Waals surface area contributed by atoms with Gasteiger partial charge in [-0.05, 0) is 12.8 Å². The van der Waals surface area contributed by atoms with Crippen LogP contribution in [-0.2, 0) is 4.79 Å². The molecule has 0 aliphatic carbocycles. The van der Waals surface area contributed by atoms with Crippen LogP contribution in [0.25, 0.3) is 5.82 Å². The van der Waals surface area contributed by atoms with Gasteiger partial charge in [0, 0.05) is 37.8 Å². The normalized spacial score (nSPS) is 18.4. The highest BCUT2D eigenvalue weighted by atomic mass is 16.2. The largest absolute Gasteiger partial charge is 0.334 e. The van der Waals surface area contributed by atoms with E-state index in [1.165, 1.54) is 0 Å². The van der Waals surface area contributed by atoms with Crippen molar-refractivity contribution in [3.05, 3.63) is 36.8 Å². The van der Waals surface area contributed by atoms with Gasteiger partial charge >= 0.3 is 0 Å². The van der Waals surface area contributed by atoms with Gasteiger partial charge in [-0.25, -0.2) is 9.97 Å². The van der Waals surface area contributed by atoms with E-state index in [0.717, 1.165) is 30.9 Å². The Morgan fingerprint density at radius 2 is 2.20 bits per heavy atom. The van der Waals surface area contributed by atoms with Crippen LogP contribution in [0, 0.1) is 0 Å². The van der Waals surface area contributed by atoms with Crippen molar-refractivity contribution in [3.8, 4) is 5.82 Å². The number of amides is 1. The lowest BCUT2D eigenvalue weighted by molar-refractivity contribution is -0.131. The molecule has 1 aliphatic rings. The summed E-state index contributed by atoms with van der Waals surface area (Å²) in [7, 11) is 0. The first-order chi connectivity index (χ1) is 9.81. The van der Waals surface area contributed by atoms with Crippen molar-refractivity contribution < 1.29 is 4.79 Å². The number of hydrogen-bond donors (Lipinski definition) is 0. The monoisotopic (exact) mass is 271 g/mol. The maximum Gasteiger partial charge on any atom is 0.222 e. The molecule has 0 N–H and O–H groups in total. The van der Waals surface area contributed by atoms with E-state index in [1.807, 2.05) is 22.6 Å². The van der Waals surface area contributed by atoms with Crippen LogP contribution in [0.3, 0.4) is 0 Å². The third kappa shape index (κ3) is 2.17. The molecule has 3 rings (SSSR count). The average Bonchev–Trinajstić information content (AvgIpc) is 3.17. The molecule has 2 aromatic heterocycles. The third-order valence-corrected chi connectivity index (χ3v) is 3.65. The molecule has 6 heteroatoms. The van der Waals surface area contributed by atoms with Gasteiger partial charge in [-0.3, -0.25) is 14.3 Å².